The highest BCUT2D eigenvalue weighted by atomic mass is 32.2. The van der Waals surface area contributed by atoms with Gasteiger partial charge in [0, 0.05) is 18.3 Å². The molecule has 0 aliphatic carbocycles. The van der Waals surface area contributed by atoms with Gasteiger partial charge in [-0.25, -0.2) is 8.42 Å². The number of rotatable bonds is 4. The Morgan fingerprint density at radius 1 is 0.926 bits per heavy atom. The maximum absolute atomic E-state index is 12.9. The van der Waals surface area contributed by atoms with Gasteiger partial charge >= 0.3 is 0 Å². The average Bonchev–Trinajstić information content (AvgIpc) is 2.92. The Bertz CT molecular complexity index is 908. The SMILES string of the molecule is CS(=O)(=O)C1CC2CCC(C1)N2C(=O)Cc1ccc(-c2ccccc2)cc1. The molecule has 2 atom stereocenters. The predicted molar refractivity (Wildman–Crippen MR) is 107 cm³/mol. The Morgan fingerprint density at radius 3 is 2.04 bits per heavy atom. The minimum Gasteiger partial charge on any atom is -0.336 e. The van der Waals surface area contributed by atoms with Crippen molar-refractivity contribution in [3.8, 4) is 11.1 Å². The zero-order chi connectivity index (χ0) is 19.0. The molecule has 2 aromatic carbocycles. The maximum Gasteiger partial charge on any atom is 0.227 e. The maximum atomic E-state index is 12.9. The molecule has 0 radical (unpaired) electrons. The molecule has 2 saturated heterocycles. The van der Waals surface area contributed by atoms with Crippen molar-refractivity contribution < 1.29 is 13.2 Å². The van der Waals surface area contributed by atoms with Crippen molar-refractivity contribution in [2.45, 2.75) is 49.4 Å². The highest BCUT2D eigenvalue weighted by Gasteiger charge is 2.45. The van der Waals surface area contributed by atoms with Gasteiger partial charge in [-0.05, 0) is 42.4 Å². The van der Waals surface area contributed by atoms with E-state index in [4.69, 9.17) is 0 Å². The summed E-state index contributed by atoms with van der Waals surface area (Å²) in [6, 6.07) is 18.5. The Morgan fingerprint density at radius 2 is 1.48 bits per heavy atom. The van der Waals surface area contributed by atoms with Crippen LogP contribution in [0.1, 0.15) is 31.2 Å². The minimum absolute atomic E-state index is 0.0829. The molecule has 0 spiro atoms. The lowest BCUT2D eigenvalue weighted by Gasteiger charge is -2.38. The molecule has 0 aromatic heterocycles. The van der Waals surface area contributed by atoms with Crippen LogP contribution in [0, 0.1) is 0 Å². The van der Waals surface area contributed by atoms with Crippen LogP contribution in [0.4, 0.5) is 0 Å². The second-order valence-corrected chi connectivity index (χ2v) is 10.2. The molecule has 0 saturated carbocycles. The summed E-state index contributed by atoms with van der Waals surface area (Å²) in [5.41, 5.74) is 3.31. The van der Waals surface area contributed by atoms with E-state index < -0.39 is 9.84 Å². The van der Waals surface area contributed by atoms with Crippen molar-refractivity contribution in [1.29, 1.82) is 0 Å². The van der Waals surface area contributed by atoms with Crippen LogP contribution in [0.5, 0.6) is 0 Å². The Labute approximate surface area is 161 Å². The predicted octanol–water partition coefficient (Wildman–Crippen LogP) is 3.46. The molecule has 2 fully saturated rings. The Hall–Kier alpha value is -2.14. The fraction of sp³-hybridized carbons (Fsp3) is 0.409. The number of benzene rings is 2. The monoisotopic (exact) mass is 383 g/mol. The van der Waals surface area contributed by atoms with Gasteiger partial charge in [-0.1, -0.05) is 54.6 Å². The molecule has 2 heterocycles. The van der Waals surface area contributed by atoms with E-state index in [1.165, 1.54) is 6.26 Å². The van der Waals surface area contributed by atoms with E-state index in [9.17, 15) is 13.2 Å². The van der Waals surface area contributed by atoms with Crippen LogP contribution in [0.3, 0.4) is 0 Å². The van der Waals surface area contributed by atoms with Gasteiger partial charge in [-0.3, -0.25) is 4.79 Å². The second kappa shape index (κ2) is 7.12. The van der Waals surface area contributed by atoms with Gasteiger partial charge in [0.25, 0.3) is 0 Å². The highest BCUT2D eigenvalue weighted by Crippen LogP contribution is 2.38. The van der Waals surface area contributed by atoms with E-state index in [0.717, 1.165) is 29.5 Å². The quantitative estimate of drug-likeness (QED) is 0.812. The number of amides is 1. The first-order valence-corrected chi connectivity index (χ1v) is 11.5. The second-order valence-electron chi connectivity index (χ2n) is 7.85. The molecule has 4 rings (SSSR count). The van der Waals surface area contributed by atoms with E-state index in [-0.39, 0.29) is 23.2 Å². The number of carbonyl (C=O) groups excluding carboxylic acids is 1. The third-order valence-corrected chi connectivity index (χ3v) is 7.60. The van der Waals surface area contributed by atoms with E-state index in [0.29, 0.717) is 19.3 Å². The average molecular weight is 384 g/mol. The summed E-state index contributed by atoms with van der Waals surface area (Å²) in [6.07, 6.45) is 4.74. The molecule has 0 N–H and O–H groups in total. The molecular formula is C22H25NO3S. The first-order chi connectivity index (χ1) is 12.9. The van der Waals surface area contributed by atoms with Crippen LogP contribution in [-0.2, 0) is 21.1 Å². The van der Waals surface area contributed by atoms with Crippen molar-refractivity contribution in [2.75, 3.05) is 6.26 Å². The van der Waals surface area contributed by atoms with Crippen LogP contribution >= 0.6 is 0 Å². The summed E-state index contributed by atoms with van der Waals surface area (Å²) in [4.78, 5) is 14.9. The zero-order valence-electron chi connectivity index (χ0n) is 15.5. The fourth-order valence-corrected chi connectivity index (χ4v) is 5.74. The van der Waals surface area contributed by atoms with Crippen molar-refractivity contribution in [1.82, 2.24) is 4.90 Å². The largest absolute Gasteiger partial charge is 0.336 e. The summed E-state index contributed by atoms with van der Waals surface area (Å²) in [5, 5.41) is -0.288. The zero-order valence-corrected chi connectivity index (χ0v) is 16.4. The standard InChI is InChI=1S/C22H25NO3S/c1-27(25,26)21-14-19-11-12-20(15-21)23(19)22(24)13-16-7-9-18(10-8-16)17-5-3-2-4-6-17/h2-10,19-21H,11-15H2,1H3. The molecule has 27 heavy (non-hydrogen) atoms. The third kappa shape index (κ3) is 3.79. The molecule has 2 bridgehead atoms. The summed E-state index contributed by atoms with van der Waals surface area (Å²) >= 11 is 0. The number of fused-ring (bicyclic) bond motifs is 2. The number of hydrogen-bond acceptors (Lipinski definition) is 3. The van der Waals surface area contributed by atoms with Crippen LogP contribution in [0.15, 0.2) is 54.6 Å². The highest BCUT2D eigenvalue weighted by molar-refractivity contribution is 7.91. The van der Waals surface area contributed by atoms with Gasteiger partial charge in [0.05, 0.1) is 11.7 Å². The first kappa shape index (κ1) is 18.2. The molecule has 1 amide bonds. The summed E-state index contributed by atoms with van der Waals surface area (Å²) < 4.78 is 23.8. The molecule has 2 aliphatic rings. The van der Waals surface area contributed by atoms with Gasteiger partial charge in [0.2, 0.25) is 5.91 Å². The molecule has 142 valence electrons. The molecule has 4 nitrogen and oxygen atoms in total. The van der Waals surface area contributed by atoms with Crippen molar-refractivity contribution >= 4 is 15.7 Å². The first-order valence-electron chi connectivity index (χ1n) is 9.56. The van der Waals surface area contributed by atoms with Gasteiger partial charge in [0.15, 0.2) is 0 Å². The van der Waals surface area contributed by atoms with E-state index in [2.05, 4.69) is 24.3 Å². The van der Waals surface area contributed by atoms with Crippen LogP contribution in [-0.4, -0.2) is 42.8 Å². The van der Waals surface area contributed by atoms with Gasteiger partial charge in [-0.2, -0.15) is 0 Å². The smallest absolute Gasteiger partial charge is 0.227 e. The van der Waals surface area contributed by atoms with E-state index >= 15 is 0 Å². The van der Waals surface area contributed by atoms with Crippen LogP contribution in [0.2, 0.25) is 0 Å². The molecule has 2 unspecified atom stereocenters. The van der Waals surface area contributed by atoms with Gasteiger partial charge in [0.1, 0.15) is 9.84 Å². The lowest BCUT2D eigenvalue weighted by Crippen LogP contribution is -2.50. The fourth-order valence-electron chi connectivity index (χ4n) is 4.60. The summed E-state index contributed by atoms with van der Waals surface area (Å²) in [6.45, 7) is 0. The number of carbonyl (C=O) groups is 1. The van der Waals surface area contributed by atoms with Crippen LogP contribution < -0.4 is 0 Å². The number of hydrogen-bond donors (Lipinski definition) is 0. The van der Waals surface area contributed by atoms with Crippen LogP contribution in [0.25, 0.3) is 11.1 Å². The molecule has 5 heteroatoms. The number of nitrogens with zero attached hydrogens (tertiary/aromatic N) is 1. The molecular weight excluding hydrogens is 358 g/mol. The topological polar surface area (TPSA) is 54.5 Å². The summed E-state index contributed by atoms with van der Waals surface area (Å²) in [7, 11) is -3.03. The lowest BCUT2D eigenvalue weighted by molar-refractivity contribution is -0.134. The van der Waals surface area contributed by atoms with Gasteiger partial charge < -0.3 is 4.90 Å². The van der Waals surface area contributed by atoms with Crippen molar-refractivity contribution in [2.24, 2.45) is 0 Å². The third-order valence-electron chi connectivity index (χ3n) is 6.00. The van der Waals surface area contributed by atoms with E-state index in [1.54, 1.807) is 0 Å². The van der Waals surface area contributed by atoms with Crippen molar-refractivity contribution in [3.63, 3.8) is 0 Å². The summed E-state index contributed by atoms with van der Waals surface area (Å²) in [5.74, 6) is 0.127. The molecule has 2 aromatic rings. The lowest BCUT2D eigenvalue weighted by atomic mass is 9.99. The number of sulfone groups is 1. The van der Waals surface area contributed by atoms with E-state index in [1.807, 2.05) is 35.2 Å². The Kier molecular flexibility index (Phi) is 4.81. The molecule has 2 aliphatic heterocycles. The minimum atomic E-state index is -3.03. The normalized spacial score (nSPS) is 24.8. The number of piperidine rings is 1. The van der Waals surface area contributed by atoms with Gasteiger partial charge in [-0.15, -0.1) is 0 Å². The Balaban J connectivity index is 1.44. The van der Waals surface area contributed by atoms with Crippen molar-refractivity contribution in [3.05, 3.63) is 60.2 Å².